The largest absolute Gasteiger partial charge is 0.369 e. The standard InChI is InChI=1S/C14H20N2S/c1-14(8-3-9-17-14)10-15-13-7-6-11-4-2-5-12(11)16-13/h6-7H,2-5,8-10H2,1H3,(H,15,16). The minimum atomic E-state index is 0.417. The Morgan fingerprint density at radius 3 is 3.12 bits per heavy atom. The number of nitrogens with zero attached hydrogens (tertiary/aromatic N) is 1. The van der Waals surface area contributed by atoms with Gasteiger partial charge in [-0.25, -0.2) is 4.98 Å². The van der Waals surface area contributed by atoms with Gasteiger partial charge in [0.05, 0.1) is 0 Å². The summed E-state index contributed by atoms with van der Waals surface area (Å²) in [5, 5.41) is 3.52. The molecule has 0 amide bonds. The van der Waals surface area contributed by atoms with Gasteiger partial charge in [0.15, 0.2) is 0 Å². The third kappa shape index (κ3) is 2.44. The van der Waals surface area contributed by atoms with Crippen molar-refractivity contribution in [2.75, 3.05) is 17.6 Å². The van der Waals surface area contributed by atoms with Crippen LogP contribution in [0.5, 0.6) is 0 Å². The molecular formula is C14H20N2S. The van der Waals surface area contributed by atoms with Crippen LogP contribution >= 0.6 is 11.8 Å². The summed E-state index contributed by atoms with van der Waals surface area (Å²) in [6.45, 7) is 3.41. The number of fused-ring (bicyclic) bond motifs is 1. The van der Waals surface area contributed by atoms with Crippen LogP contribution in [0.4, 0.5) is 5.82 Å². The molecule has 2 nitrogen and oxygen atoms in total. The van der Waals surface area contributed by atoms with Crippen LogP contribution in [0.2, 0.25) is 0 Å². The van der Waals surface area contributed by atoms with Crippen LogP contribution in [-0.2, 0) is 12.8 Å². The normalized spacial score (nSPS) is 27.1. The van der Waals surface area contributed by atoms with Crippen molar-refractivity contribution in [1.82, 2.24) is 4.98 Å². The molecule has 17 heavy (non-hydrogen) atoms. The van der Waals surface area contributed by atoms with Gasteiger partial charge in [0.1, 0.15) is 5.82 Å². The lowest BCUT2D eigenvalue weighted by Crippen LogP contribution is -2.27. The van der Waals surface area contributed by atoms with Crippen LogP contribution in [0, 0.1) is 0 Å². The number of anilines is 1. The molecule has 1 atom stereocenters. The number of pyridine rings is 1. The Labute approximate surface area is 108 Å². The Hall–Kier alpha value is -0.700. The molecule has 1 N–H and O–H groups in total. The number of nitrogens with one attached hydrogen (secondary N) is 1. The molecule has 1 unspecified atom stereocenters. The summed E-state index contributed by atoms with van der Waals surface area (Å²) >= 11 is 2.10. The number of aromatic nitrogens is 1. The number of rotatable bonds is 3. The first-order chi connectivity index (χ1) is 8.25. The topological polar surface area (TPSA) is 24.9 Å². The molecule has 1 aliphatic heterocycles. The number of hydrogen-bond donors (Lipinski definition) is 1. The van der Waals surface area contributed by atoms with Gasteiger partial charge >= 0.3 is 0 Å². The second-order valence-electron chi connectivity index (χ2n) is 5.41. The van der Waals surface area contributed by atoms with E-state index in [1.165, 1.54) is 42.7 Å². The van der Waals surface area contributed by atoms with Gasteiger partial charge in [0.2, 0.25) is 0 Å². The fraction of sp³-hybridized carbons (Fsp3) is 0.643. The number of aryl methyl sites for hydroxylation is 2. The van der Waals surface area contributed by atoms with Gasteiger partial charge in [-0.3, -0.25) is 0 Å². The minimum Gasteiger partial charge on any atom is -0.369 e. The van der Waals surface area contributed by atoms with Gasteiger partial charge in [-0.2, -0.15) is 11.8 Å². The van der Waals surface area contributed by atoms with Crippen molar-refractivity contribution >= 4 is 17.6 Å². The lowest BCUT2D eigenvalue weighted by atomic mass is 10.1. The molecule has 1 aliphatic carbocycles. The average Bonchev–Trinajstić information content (AvgIpc) is 2.95. The SMILES string of the molecule is CC1(CNc2ccc3c(n2)CCC3)CCCS1. The number of thioether (sulfide) groups is 1. The summed E-state index contributed by atoms with van der Waals surface area (Å²) in [6, 6.07) is 4.40. The van der Waals surface area contributed by atoms with E-state index >= 15 is 0 Å². The lowest BCUT2D eigenvalue weighted by molar-refractivity contribution is 0.633. The Bertz CT molecular complexity index is 411. The monoisotopic (exact) mass is 248 g/mol. The van der Waals surface area contributed by atoms with Crippen LogP contribution in [-0.4, -0.2) is 22.0 Å². The first-order valence-corrected chi connectivity index (χ1v) is 7.60. The van der Waals surface area contributed by atoms with Crippen molar-refractivity contribution in [3.8, 4) is 0 Å². The van der Waals surface area contributed by atoms with Crippen LogP contribution in [0.1, 0.15) is 37.4 Å². The zero-order valence-corrected chi connectivity index (χ0v) is 11.3. The van der Waals surface area contributed by atoms with Crippen LogP contribution in [0.15, 0.2) is 12.1 Å². The minimum absolute atomic E-state index is 0.417. The molecule has 0 spiro atoms. The van der Waals surface area contributed by atoms with Crippen molar-refractivity contribution in [2.45, 2.75) is 43.8 Å². The van der Waals surface area contributed by atoms with Crippen molar-refractivity contribution in [3.63, 3.8) is 0 Å². The van der Waals surface area contributed by atoms with Gasteiger partial charge < -0.3 is 5.32 Å². The molecule has 1 fully saturated rings. The third-order valence-corrected chi connectivity index (χ3v) is 5.41. The third-order valence-electron chi connectivity index (χ3n) is 3.87. The van der Waals surface area contributed by atoms with Crippen molar-refractivity contribution in [1.29, 1.82) is 0 Å². The molecule has 1 aromatic rings. The predicted octanol–water partition coefficient (Wildman–Crippen LogP) is 3.27. The van der Waals surface area contributed by atoms with Crippen LogP contribution in [0.3, 0.4) is 0 Å². The Balaban J connectivity index is 1.65. The molecule has 1 saturated heterocycles. The molecule has 2 heterocycles. The second-order valence-corrected chi connectivity index (χ2v) is 7.09. The molecule has 1 aromatic heterocycles. The van der Waals surface area contributed by atoms with Gasteiger partial charge in [-0.15, -0.1) is 0 Å². The summed E-state index contributed by atoms with van der Waals surface area (Å²) in [6.07, 6.45) is 6.35. The molecule has 2 aliphatic rings. The van der Waals surface area contributed by atoms with E-state index in [9.17, 15) is 0 Å². The highest BCUT2D eigenvalue weighted by molar-refractivity contribution is 8.00. The lowest BCUT2D eigenvalue weighted by Gasteiger charge is -2.23. The zero-order chi connectivity index (χ0) is 11.7. The fourth-order valence-corrected chi connectivity index (χ4v) is 4.02. The first kappa shape index (κ1) is 11.4. The molecule has 0 radical (unpaired) electrons. The fourth-order valence-electron chi connectivity index (χ4n) is 2.77. The molecule has 3 rings (SSSR count). The summed E-state index contributed by atoms with van der Waals surface area (Å²) in [4.78, 5) is 4.72. The maximum absolute atomic E-state index is 4.72. The number of hydrogen-bond acceptors (Lipinski definition) is 3. The van der Waals surface area contributed by atoms with Crippen molar-refractivity contribution in [3.05, 3.63) is 23.4 Å². The molecular weight excluding hydrogens is 228 g/mol. The van der Waals surface area contributed by atoms with E-state index < -0.39 is 0 Å². The average molecular weight is 248 g/mol. The smallest absolute Gasteiger partial charge is 0.126 e. The van der Waals surface area contributed by atoms with E-state index in [4.69, 9.17) is 4.98 Å². The Morgan fingerprint density at radius 1 is 1.35 bits per heavy atom. The highest BCUT2D eigenvalue weighted by Crippen LogP contribution is 2.37. The van der Waals surface area contributed by atoms with E-state index in [1.54, 1.807) is 0 Å². The Kier molecular flexibility index (Phi) is 3.03. The first-order valence-electron chi connectivity index (χ1n) is 6.62. The maximum atomic E-state index is 4.72. The molecule has 0 saturated carbocycles. The van der Waals surface area contributed by atoms with E-state index in [-0.39, 0.29) is 0 Å². The maximum Gasteiger partial charge on any atom is 0.126 e. The molecule has 0 bridgehead atoms. The second kappa shape index (κ2) is 4.52. The zero-order valence-electron chi connectivity index (χ0n) is 10.5. The summed E-state index contributed by atoms with van der Waals surface area (Å²) in [5.41, 5.74) is 2.77. The van der Waals surface area contributed by atoms with Crippen LogP contribution < -0.4 is 5.32 Å². The van der Waals surface area contributed by atoms with Crippen molar-refractivity contribution < 1.29 is 0 Å². The molecule has 0 aromatic carbocycles. The molecule has 92 valence electrons. The Morgan fingerprint density at radius 2 is 2.29 bits per heavy atom. The molecule has 3 heteroatoms. The highest BCUT2D eigenvalue weighted by atomic mass is 32.2. The summed E-state index contributed by atoms with van der Waals surface area (Å²) < 4.78 is 0.417. The predicted molar refractivity (Wildman–Crippen MR) is 74.8 cm³/mol. The highest BCUT2D eigenvalue weighted by Gasteiger charge is 2.29. The van der Waals surface area contributed by atoms with Gasteiger partial charge in [-0.1, -0.05) is 6.07 Å². The van der Waals surface area contributed by atoms with E-state index in [0.717, 1.165) is 18.8 Å². The van der Waals surface area contributed by atoms with Gasteiger partial charge in [-0.05, 0) is 56.4 Å². The van der Waals surface area contributed by atoms with E-state index in [0.29, 0.717) is 4.75 Å². The summed E-state index contributed by atoms with van der Waals surface area (Å²) in [7, 11) is 0. The van der Waals surface area contributed by atoms with Gasteiger partial charge in [0, 0.05) is 17.0 Å². The van der Waals surface area contributed by atoms with E-state index in [1.807, 2.05) is 0 Å². The van der Waals surface area contributed by atoms with Gasteiger partial charge in [0.25, 0.3) is 0 Å². The van der Waals surface area contributed by atoms with Crippen molar-refractivity contribution in [2.24, 2.45) is 0 Å². The quantitative estimate of drug-likeness (QED) is 0.888. The van der Waals surface area contributed by atoms with Crippen LogP contribution in [0.25, 0.3) is 0 Å². The summed E-state index contributed by atoms with van der Waals surface area (Å²) in [5.74, 6) is 2.38. The van der Waals surface area contributed by atoms with E-state index in [2.05, 4.69) is 36.1 Å².